The maximum atomic E-state index is 13.9. The Morgan fingerprint density at radius 2 is 2.08 bits per heavy atom. The molecule has 0 atom stereocenters. The van der Waals surface area contributed by atoms with Crippen LogP contribution in [0.2, 0.25) is 0 Å². The molecule has 0 aliphatic heterocycles. The van der Waals surface area contributed by atoms with Crippen molar-refractivity contribution in [2.75, 3.05) is 7.05 Å². The first-order valence-corrected chi connectivity index (χ1v) is 7.89. The van der Waals surface area contributed by atoms with Crippen LogP contribution in [-0.4, -0.2) is 28.1 Å². The second kappa shape index (κ2) is 7.30. The third kappa shape index (κ3) is 3.53. The molecule has 0 unspecified atom stereocenters. The molecule has 0 fully saturated rings. The number of carbonyl (C=O) groups excluding carboxylic acids is 1. The third-order valence-electron chi connectivity index (χ3n) is 3.83. The summed E-state index contributed by atoms with van der Waals surface area (Å²) in [5.41, 5.74) is 2.86. The fraction of sp³-hybridized carbons (Fsp3) is 0.222. The molecule has 0 aliphatic rings. The summed E-state index contributed by atoms with van der Waals surface area (Å²) in [4.78, 5) is 19.4. The summed E-state index contributed by atoms with van der Waals surface area (Å²) in [6.45, 7) is 3.74. The van der Waals surface area contributed by atoms with Gasteiger partial charge in [-0.3, -0.25) is 9.78 Å². The molecule has 134 valence electrons. The van der Waals surface area contributed by atoms with Crippen molar-refractivity contribution < 1.29 is 18.4 Å². The van der Waals surface area contributed by atoms with Gasteiger partial charge in [0, 0.05) is 30.6 Å². The second-order valence-corrected chi connectivity index (χ2v) is 5.61. The van der Waals surface area contributed by atoms with Gasteiger partial charge in [0.1, 0.15) is 18.1 Å². The van der Waals surface area contributed by atoms with Gasteiger partial charge in [-0.2, -0.15) is 9.37 Å². The Balaban J connectivity index is 1.80. The summed E-state index contributed by atoms with van der Waals surface area (Å²) in [5.74, 6) is -0.802. The van der Waals surface area contributed by atoms with Crippen LogP contribution in [-0.2, 0) is 6.61 Å². The van der Waals surface area contributed by atoms with E-state index < -0.39 is 11.9 Å². The molecule has 0 radical (unpaired) electrons. The van der Waals surface area contributed by atoms with Gasteiger partial charge in [-0.15, -0.1) is 0 Å². The smallest absolute Gasteiger partial charge is 0.255 e. The van der Waals surface area contributed by atoms with Crippen LogP contribution in [0, 0.1) is 19.8 Å². The zero-order chi connectivity index (χ0) is 18.7. The number of amides is 1. The molecular formula is C18H17FN4O3. The molecular weight excluding hydrogens is 339 g/mol. The van der Waals surface area contributed by atoms with Crippen molar-refractivity contribution >= 4 is 5.91 Å². The van der Waals surface area contributed by atoms with Crippen molar-refractivity contribution in [3.8, 4) is 17.1 Å². The van der Waals surface area contributed by atoms with E-state index in [-0.39, 0.29) is 18.1 Å². The Morgan fingerprint density at radius 3 is 2.73 bits per heavy atom. The average Bonchev–Trinajstić information content (AvgIpc) is 3.00. The first-order valence-electron chi connectivity index (χ1n) is 7.89. The fourth-order valence-electron chi connectivity index (χ4n) is 2.34. The summed E-state index contributed by atoms with van der Waals surface area (Å²) >= 11 is 0. The van der Waals surface area contributed by atoms with Crippen LogP contribution in [0.5, 0.6) is 5.88 Å². The van der Waals surface area contributed by atoms with Crippen molar-refractivity contribution in [2.24, 2.45) is 0 Å². The second-order valence-electron chi connectivity index (χ2n) is 5.61. The molecule has 3 aromatic heterocycles. The van der Waals surface area contributed by atoms with Crippen LogP contribution in [0.15, 0.2) is 35.0 Å². The molecule has 0 aliphatic carbocycles. The number of hydrogen-bond donors (Lipinski definition) is 1. The van der Waals surface area contributed by atoms with Gasteiger partial charge in [0.15, 0.2) is 0 Å². The van der Waals surface area contributed by atoms with Crippen LogP contribution in [0.3, 0.4) is 0 Å². The van der Waals surface area contributed by atoms with Crippen molar-refractivity contribution in [1.82, 2.24) is 20.4 Å². The summed E-state index contributed by atoms with van der Waals surface area (Å²) < 4.78 is 24.7. The number of nitrogens with zero attached hydrogens (tertiary/aromatic N) is 3. The molecule has 3 heterocycles. The normalized spacial score (nSPS) is 10.6. The van der Waals surface area contributed by atoms with Gasteiger partial charge in [-0.1, -0.05) is 5.16 Å². The minimum absolute atomic E-state index is 0.0590. The molecule has 7 nitrogen and oxygen atoms in total. The van der Waals surface area contributed by atoms with Crippen molar-refractivity contribution in [3.63, 3.8) is 0 Å². The predicted molar refractivity (Wildman–Crippen MR) is 91.1 cm³/mol. The van der Waals surface area contributed by atoms with Crippen LogP contribution in [0.1, 0.15) is 27.4 Å². The fourth-order valence-corrected chi connectivity index (χ4v) is 2.34. The molecule has 0 bridgehead atoms. The van der Waals surface area contributed by atoms with Crippen LogP contribution in [0.25, 0.3) is 11.3 Å². The highest BCUT2D eigenvalue weighted by Gasteiger charge is 2.17. The molecule has 3 rings (SSSR count). The van der Waals surface area contributed by atoms with E-state index in [0.29, 0.717) is 17.0 Å². The van der Waals surface area contributed by atoms with Crippen LogP contribution in [0.4, 0.5) is 4.39 Å². The van der Waals surface area contributed by atoms with Crippen molar-refractivity contribution in [3.05, 3.63) is 59.0 Å². The monoisotopic (exact) mass is 356 g/mol. The lowest BCUT2D eigenvalue weighted by molar-refractivity contribution is 0.0958. The number of halogens is 1. The lowest BCUT2D eigenvalue weighted by Crippen LogP contribution is -2.19. The number of hydrogen-bond acceptors (Lipinski definition) is 6. The molecule has 0 saturated carbocycles. The minimum atomic E-state index is -0.896. The molecule has 8 heteroatoms. The Labute approximate surface area is 149 Å². The molecule has 26 heavy (non-hydrogen) atoms. The standard InChI is InChI=1S/C18H17FN4O3/c1-10-4-5-12(8-21-10)16-14(11(2)26-23-16)9-25-15-7-6-13(17(19)22-15)18(24)20-3/h4-8H,9H2,1-3H3,(H,20,24). The highest BCUT2D eigenvalue weighted by Crippen LogP contribution is 2.26. The van der Waals surface area contributed by atoms with E-state index in [9.17, 15) is 9.18 Å². The number of rotatable bonds is 5. The molecule has 0 spiro atoms. The van der Waals surface area contributed by atoms with Crippen molar-refractivity contribution in [1.29, 1.82) is 0 Å². The Hall–Kier alpha value is -3.29. The van der Waals surface area contributed by atoms with Crippen LogP contribution >= 0.6 is 0 Å². The van der Waals surface area contributed by atoms with Gasteiger partial charge in [0.2, 0.25) is 11.8 Å². The predicted octanol–water partition coefficient (Wildman–Crippen LogP) is 2.83. The third-order valence-corrected chi connectivity index (χ3v) is 3.83. The summed E-state index contributed by atoms with van der Waals surface area (Å²) in [7, 11) is 1.42. The summed E-state index contributed by atoms with van der Waals surface area (Å²) in [5, 5.41) is 6.40. The van der Waals surface area contributed by atoms with E-state index in [2.05, 4.69) is 20.4 Å². The Morgan fingerprint density at radius 1 is 1.27 bits per heavy atom. The first kappa shape index (κ1) is 17.5. The van der Waals surface area contributed by atoms with Gasteiger partial charge in [-0.25, -0.2) is 0 Å². The number of ether oxygens (including phenoxy) is 1. The summed E-state index contributed by atoms with van der Waals surface area (Å²) in [6, 6.07) is 6.52. The van der Waals surface area contributed by atoms with E-state index >= 15 is 0 Å². The number of aromatic nitrogens is 3. The maximum absolute atomic E-state index is 13.9. The van der Waals surface area contributed by atoms with E-state index in [1.807, 2.05) is 19.1 Å². The molecule has 1 N–H and O–H groups in total. The highest BCUT2D eigenvalue weighted by molar-refractivity contribution is 5.93. The highest BCUT2D eigenvalue weighted by atomic mass is 19.1. The van der Waals surface area contributed by atoms with Gasteiger partial charge in [0.25, 0.3) is 5.91 Å². The molecule has 0 saturated heterocycles. The molecule has 0 aromatic carbocycles. The zero-order valence-corrected chi connectivity index (χ0v) is 14.5. The molecule has 3 aromatic rings. The van der Waals surface area contributed by atoms with Crippen molar-refractivity contribution in [2.45, 2.75) is 20.5 Å². The first-order chi connectivity index (χ1) is 12.5. The average molecular weight is 356 g/mol. The van der Waals surface area contributed by atoms with Crippen LogP contribution < -0.4 is 10.1 Å². The van der Waals surface area contributed by atoms with E-state index in [1.165, 1.54) is 19.2 Å². The quantitative estimate of drug-likeness (QED) is 0.707. The Kier molecular flexibility index (Phi) is 4.92. The Bertz CT molecular complexity index is 938. The number of carbonyl (C=O) groups is 1. The zero-order valence-electron chi connectivity index (χ0n) is 14.5. The SMILES string of the molecule is CNC(=O)c1ccc(OCc2c(-c3ccc(C)nc3)noc2C)nc1F. The lowest BCUT2D eigenvalue weighted by Gasteiger charge is -2.07. The number of pyridine rings is 2. The number of nitrogens with one attached hydrogen (secondary N) is 1. The van der Waals surface area contributed by atoms with Gasteiger partial charge >= 0.3 is 0 Å². The minimum Gasteiger partial charge on any atom is -0.473 e. The summed E-state index contributed by atoms with van der Waals surface area (Å²) in [6.07, 6.45) is 1.70. The van der Waals surface area contributed by atoms with Gasteiger partial charge < -0.3 is 14.6 Å². The molecule has 1 amide bonds. The van der Waals surface area contributed by atoms with E-state index in [1.54, 1.807) is 13.1 Å². The number of aryl methyl sites for hydroxylation is 2. The van der Waals surface area contributed by atoms with Gasteiger partial charge in [-0.05, 0) is 32.0 Å². The van der Waals surface area contributed by atoms with E-state index in [4.69, 9.17) is 9.26 Å². The largest absolute Gasteiger partial charge is 0.473 e. The lowest BCUT2D eigenvalue weighted by atomic mass is 10.1. The maximum Gasteiger partial charge on any atom is 0.255 e. The topological polar surface area (TPSA) is 90.1 Å². The van der Waals surface area contributed by atoms with E-state index in [0.717, 1.165) is 11.3 Å². The van der Waals surface area contributed by atoms with Gasteiger partial charge in [0.05, 0.1) is 11.1 Å².